The van der Waals surface area contributed by atoms with Gasteiger partial charge in [0.25, 0.3) is 0 Å². The van der Waals surface area contributed by atoms with Crippen molar-refractivity contribution in [1.82, 2.24) is 0 Å². The van der Waals surface area contributed by atoms with Crippen molar-refractivity contribution in [1.29, 1.82) is 0 Å². The molecule has 0 unspecified atom stereocenters. The zero-order valence-corrected chi connectivity index (χ0v) is 16.2. The summed E-state index contributed by atoms with van der Waals surface area (Å²) < 4.78 is 6.03. The van der Waals surface area contributed by atoms with E-state index >= 15 is 0 Å². The second-order valence-electron chi connectivity index (χ2n) is 10.3. The molecule has 1 aliphatic heterocycles. The summed E-state index contributed by atoms with van der Waals surface area (Å²) in [5, 5.41) is 10.1. The van der Waals surface area contributed by atoms with Gasteiger partial charge < -0.3 is 9.84 Å². The van der Waals surface area contributed by atoms with Gasteiger partial charge >= 0.3 is 5.97 Å². The fourth-order valence-corrected chi connectivity index (χ4v) is 7.89. The Labute approximate surface area is 156 Å². The quantitative estimate of drug-likeness (QED) is 0.393. The maximum Gasteiger partial charge on any atom is 0.334 e. The van der Waals surface area contributed by atoms with Crippen LogP contribution in [0.4, 0.5) is 0 Å². The van der Waals surface area contributed by atoms with E-state index in [1.54, 1.807) is 0 Å². The van der Waals surface area contributed by atoms with Crippen molar-refractivity contribution in [3.8, 4) is 0 Å². The average molecular weight is 357 g/mol. The second-order valence-corrected chi connectivity index (χ2v) is 10.3. The lowest BCUT2D eigenvalue weighted by Gasteiger charge is -2.58. The van der Waals surface area contributed by atoms with E-state index in [-0.39, 0.29) is 28.5 Å². The molecule has 26 heavy (non-hydrogen) atoms. The molecular weight excluding hydrogens is 324 g/mol. The standard InChI is InChI=1S/C23H32O3/c1-14-13-23(26-20(14)25)11-8-19-17-5-4-15-12-16(24)6-9-21(15,2)18(17)7-10-22(19,23)3/h4,16-19,24H,1,5-13H2,2-3H3/t16-,17-,18+,19+,21+,22+,23-/m1/s1. The Balaban J connectivity index is 1.49. The van der Waals surface area contributed by atoms with Crippen molar-refractivity contribution in [2.75, 3.05) is 0 Å². The summed E-state index contributed by atoms with van der Waals surface area (Å²) in [5.41, 5.74) is 2.28. The normalized spacial score (nSPS) is 53.0. The lowest BCUT2D eigenvalue weighted by atomic mass is 9.47. The molecule has 3 nitrogen and oxygen atoms in total. The number of aliphatic hydroxyl groups excluding tert-OH is 1. The van der Waals surface area contributed by atoms with E-state index in [1.807, 2.05) is 0 Å². The number of rotatable bonds is 0. The van der Waals surface area contributed by atoms with E-state index in [9.17, 15) is 9.90 Å². The number of carbonyl (C=O) groups excluding carboxylic acids is 1. The summed E-state index contributed by atoms with van der Waals surface area (Å²) in [7, 11) is 0. The third-order valence-corrected chi connectivity index (χ3v) is 9.44. The van der Waals surface area contributed by atoms with E-state index in [4.69, 9.17) is 4.74 Å². The Hall–Kier alpha value is -1.09. The lowest BCUT2D eigenvalue weighted by Crippen LogP contribution is -2.54. The molecule has 1 N–H and O–H groups in total. The molecule has 7 atom stereocenters. The summed E-state index contributed by atoms with van der Waals surface area (Å²) in [6, 6.07) is 0. The molecular formula is C23H32O3. The van der Waals surface area contributed by atoms with Crippen LogP contribution in [0.15, 0.2) is 23.8 Å². The first-order valence-corrected chi connectivity index (χ1v) is 10.6. The van der Waals surface area contributed by atoms with Crippen LogP contribution < -0.4 is 0 Å². The number of allylic oxidation sites excluding steroid dienone is 1. The average Bonchev–Trinajstić information content (AvgIpc) is 3.05. The monoisotopic (exact) mass is 356 g/mol. The molecule has 5 rings (SSSR count). The number of hydrogen-bond donors (Lipinski definition) is 1. The third-order valence-electron chi connectivity index (χ3n) is 9.44. The van der Waals surface area contributed by atoms with Gasteiger partial charge in [-0.1, -0.05) is 32.1 Å². The molecule has 1 heterocycles. The van der Waals surface area contributed by atoms with Crippen LogP contribution in [-0.2, 0) is 9.53 Å². The van der Waals surface area contributed by atoms with E-state index in [0.717, 1.165) is 50.9 Å². The maximum absolute atomic E-state index is 12.1. The lowest BCUT2D eigenvalue weighted by molar-refractivity contribution is -0.166. The van der Waals surface area contributed by atoms with Gasteiger partial charge in [0, 0.05) is 17.4 Å². The smallest absolute Gasteiger partial charge is 0.334 e. The Morgan fingerprint density at radius 1 is 1.15 bits per heavy atom. The molecule has 3 saturated carbocycles. The van der Waals surface area contributed by atoms with E-state index in [1.165, 1.54) is 18.4 Å². The van der Waals surface area contributed by atoms with Crippen molar-refractivity contribution in [2.45, 2.75) is 83.3 Å². The predicted octanol–water partition coefficient (Wildman–Crippen LogP) is 4.55. The summed E-state index contributed by atoms with van der Waals surface area (Å²) in [4.78, 5) is 12.1. The molecule has 1 saturated heterocycles. The Kier molecular flexibility index (Phi) is 3.44. The minimum absolute atomic E-state index is 0.0964. The predicted molar refractivity (Wildman–Crippen MR) is 100 cm³/mol. The molecule has 4 aliphatic carbocycles. The molecule has 142 valence electrons. The minimum Gasteiger partial charge on any atom is -0.455 e. The summed E-state index contributed by atoms with van der Waals surface area (Å²) in [6.45, 7) is 8.84. The first-order valence-electron chi connectivity index (χ1n) is 10.6. The van der Waals surface area contributed by atoms with Crippen LogP contribution in [0.5, 0.6) is 0 Å². The molecule has 0 aromatic heterocycles. The highest BCUT2D eigenvalue weighted by molar-refractivity contribution is 5.90. The number of aliphatic hydroxyl groups is 1. The molecule has 0 amide bonds. The van der Waals surface area contributed by atoms with Crippen LogP contribution in [0.3, 0.4) is 0 Å². The van der Waals surface area contributed by atoms with E-state index in [0.29, 0.717) is 17.4 Å². The molecule has 0 radical (unpaired) electrons. The second kappa shape index (κ2) is 5.25. The summed E-state index contributed by atoms with van der Waals surface area (Å²) in [6.07, 6.45) is 11.7. The van der Waals surface area contributed by atoms with Crippen molar-refractivity contribution in [3.05, 3.63) is 23.8 Å². The van der Waals surface area contributed by atoms with Gasteiger partial charge in [-0.3, -0.25) is 0 Å². The highest BCUT2D eigenvalue weighted by Gasteiger charge is 2.67. The van der Waals surface area contributed by atoms with Gasteiger partial charge in [0.05, 0.1) is 6.10 Å². The van der Waals surface area contributed by atoms with Gasteiger partial charge in [-0.25, -0.2) is 4.79 Å². The highest BCUT2D eigenvalue weighted by atomic mass is 16.6. The first kappa shape index (κ1) is 17.0. The molecule has 0 aromatic rings. The fourth-order valence-electron chi connectivity index (χ4n) is 7.89. The molecule has 0 aromatic carbocycles. The zero-order chi connectivity index (χ0) is 18.3. The van der Waals surface area contributed by atoms with Gasteiger partial charge in [0.15, 0.2) is 0 Å². The zero-order valence-electron chi connectivity index (χ0n) is 16.2. The summed E-state index contributed by atoms with van der Waals surface area (Å²) >= 11 is 0. The fraction of sp³-hybridized carbons (Fsp3) is 0.783. The van der Waals surface area contributed by atoms with Crippen molar-refractivity contribution in [3.63, 3.8) is 0 Å². The van der Waals surface area contributed by atoms with Crippen LogP contribution in [0, 0.1) is 28.6 Å². The van der Waals surface area contributed by atoms with Gasteiger partial charge in [-0.2, -0.15) is 0 Å². The minimum atomic E-state index is -0.287. The number of carbonyl (C=O) groups is 1. The Morgan fingerprint density at radius 2 is 1.92 bits per heavy atom. The van der Waals surface area contributed by atoms with Gasteiger partial charge in [-0.05, 0) is 74.5 Å². The van der Waals surface area contributed by atoms with Gasteiger partial charge in [-0.15, -0.1) is 0 Å². The molecule has 1 spiro atoms. The number of ether oxygens (including phenoxy) is 1. The SMILES string of the molecule is C=C1C[C@@]2(CC[C@H]3[C@@H]4CC=C5C[C@H](O)CC[C@]5(C)[C@H]4CC[C@@]32C)OC1=O. The molecule has 4 fully saturated rings. The van der Waals surface area contributed by atoms with Crippen molar-refractivity contribution >= 4 is 5.97 Å². The number of fused-ring (bicyclic) bond motifs is 6. The largest absolute Gasteiger partial charge is 0.455 e. The first-order chi connectivity index (χ1) is 12.3. The van der Waals surface area contributed by atoms with Crippen LogP contribution >= 0.6 is 0 Å². The van der Waals surface area contributed by atoms with Crippen LogP contribution in [0.25, 0.3) is 0 Å². The number of esters is 1. The maximum atomic E-state index is 12.1. The molecule has 3 heteroatoms. The van der Waals surface area contributed by atoms with Gasteiger partial charge in [0.1, 0.15) is 5.60 Å². The molecule has 5 aliphatic rings. The highest BCUT2D eigenvalue weighted by Crippen LogP contribution is 2.69. The van der Waals surface area contributed by atoms with Crippen LogP contribution in [-0.4, -0.2) is 22.8 Å². The van der Waals surface area contributed by atoms with Gasteiger partial charge in [0.2, 0.25) is 0 Å². The Morgan fingerprint density at radius 3 is 2.65 bits per heavy atom. The molecule has 0 bridgehead atoms. The third kappa shape index (κ3) is 1.96. The number of hydrogen-bond acceptors (Lipinski definition) is 3. The van der Waals surface area contributed by atoms with Crippen molar-refractivity contribution in [2.24, 2.45) is 28.6 Å². The van der Waals surface area contributed by atoms with Crippen LogP contribution in [0.1, 0.15) is 71.6 Å². The van der Waals surface area contributed by atoms with E-state index < -0.39 is 0 Å². The Bertz CT molecular complexity index is 690. The topological polar surface area (TPSA) is 46.5 Å². The van der Waals surface area contributed by atoms with Crippen LogP contribution in [0.2, 0.25) is 0 Å². The summed E-state index contributed by atoms with van der Waals surface area (Å²) in [5.74, 6) is 1.91. The van der Waals surface area contributed by atoms with Crippen molar-refractivity contribution < 1.29 is 14.6 Å². The van der Waals surface area contributed by atoms with E-state index in [2.05, 4.69) is 26.5 Å².